The van der Waals surface area contributed by atoms with Crippen LogP contribution in [0.25, 0.3) is 0 Å². The lowest BCUT2D eigenvalue weighted by atomic mass is 10.1. The molecule has 0 fully saturated rings. The summed E-state index contributed by atoms with van der Waals surface area (Å²) in [6, 6.07) is 8.26. The van der Waals surface area contributed by atoms with Gasteiger partial charge in [0.15, 0.2) is 5.96 Å². The number of carbonyl (C=O) groups is 1. The normalized spacial score (nSPS) is 13.8. The molecule has 1 amide bonds. The fraction of sp³-hybridized carbons (Fsp3) is 0.429. The highest BCUT2D eigenvalue weighted by molar-refractivity contribution is 7.10. The second-order valence-electron chi connectivity index (χ2n) is 6.85. The first-order valence-corrected chi connectivity index (χ1v) is 10.4. The largest absolute Gasteiger partial charge is 0.496 e. The minimum absolute atomic E-state index is 0.181. The van der Waals surface area contributed by atoms with E-state index in [4.69, 9.17) is 4.74 Å². The molecule has 0 spiro atoms. The summed E-state index contributed by atoms with van der Waals surface area (Å²) < 4.78 is 5.44. The first kappa shape index (κ1) is 20.2. The van der Waals surface area contributed by atoms with Crippen molar-refractivity contribution < 1.29 is 9.53 Å². The lowest BCUT2D eigenvalue weighted by Gasteiger charge is -2.27. The summed E-state index contributed by atoms with van der Waals surface area (Å²) in [5.74, 6) is 1.71. The number of guanidine groups is 1. The van der Waals surface area contributed by atoms with Crippen molar-refractivity contribution in [1.82, 2.24) is 15.5 Å². The molecule has 1 aliphatic rings. The molecular formula is C21H28N4O2S. The molecule has 2 N–H and O–H groups in total. The van der Waals surface area contributed by atoms with Gasteiger partial charge in [0.25, 0.3) is 0 Å². The number of methoxy groups -OCH3 is 1. The van der Waals surface area contributed by atoms with E-state index < -0.39 is 0 Å². The molecule has 2 heterocycles. The smallest absolute Gasteiger partial charge is 0.224 e. The molecule has 1 aliphatic heterocycles. The summed E-state index contributed by atoms with van der Waals surface area (Å²) in [5.41, 5.74) is 3.52. The van der Waals surface area contributed by atoms with Gasteiger partial charge in [0, 0.05) is 50.1 Å². The molecule has 0 bridgehead atoms. The van der Waals surface area contributed by atoms with Crippen LogP contribution < -0.4 is 15.4 Å². The minimum atomic E-state index is 0.181. The topological polar surface area (TPSA) is 66.0 Å². The number of benzene rings is 1. The zero-order valence-electron chi connectivity index (χ0n) is 16.7. The molecule has 1 aromatic heterocycles. The average Bonchev–Trinajstić information content (AvgIpc) is 3.18. The van der Waals surface area contributed by atoms with E-state index in [9.17, 15) is 4.79 Å². The van der Waals surface area contributed by atoms with Crippen LogP contribution in [0.3, 0.4) is 0 Å². The van der Waals surface area contributed by atoms with Crippen LogP contribution in [0.1, 0.15) is 28.0 Å². The lowest BCUT2D eigenvalue weighted by molar-refractivity contribution is -0.131. The molecule has 0 saturated carbocycles. The Morgan fingerprint density at radius 2 is 2.18 bits per heavy atom. The summed E-state index contributed by atoms with van der Waals surface area (Å²) >= 11 is 1.79. The molecule has 0 unspecified atom stereocenters. The van der Waals surface area contributed by atoms with Crippen molar-refractivity contribution >= 4 is 23.2 Å². The Balaban J connectivity index is 1.44. The molecule has 28 heavy (non-hydrogen) atoms. The van der Waals surface area contributed by atoms with Gasteiger partial charge < -0.3 is 20.3 Å². The molecule has 1 aromatic carbocycles. The second-order valence-corrected chi connectivity index (χ2v) is 7.85. The molecule has 0 saturated heterocycles. The Bertz CT molecular complexity index is 847. The third-order valence-corrected chi connectivity index (χ3v) is 5.93. The molecule has 0 radical (unpaired) electrons. The summed E-state index contributed by atoms with van der Waals surface area (Å²) in [7, 11) is 3.41. The molecular weight excluding hydrogens is 372 g/mol. The Labute approximate surface area is 170 Å². The van der Waals surface area contributed by atoms with Gasteiger partial charge in [-0.05, 0) is 42.0 Å². The Kier molecular flexibility index (Phi) is 6.92. The number of aryl methyl sites for hydroxylation is 1. The molecule has 0 atom stereocenters. The van der Waals surface area contributed by atoms with E-state index in [2.05, 4.69) is 33.1 Å². The number of hydrogen-bond donors (Lipinski definition) is 2. The van der Waals surface area contributed by atoms with E-state index >= 15 is 0 Å². The number of amides is 1. The van der Waals surface area contributed by atoms with Crippen LogP contribution in [0.5, 0.6) is 5.75 Å². The standard InChI is InChI=1S/C21H28N4O2S/c1-15-4-5-16(18(12-15)27-3)13-24-21(22-2)23-9-6-20(26)25-10-7-19-17(14-25)8-11-28-19/h4-5,8,11-12H,6-7,9-10,13-14H2,1-3H3,(H2,22,23,24). The zero-order valence-corrected chi connectivity index (χ0v) is 17.6. The summed E-state index contributed by atoms with van der Waals surface area (Å²) in [4.78, 5) is 20.1. The third-order valence-electron chi connectivity index (χ3n) is 4.90. The maximum absolute atomic E-state index is 12.5. The van der Waals surface area contributed by atoms with Crippen molar-refractivity contribution in [1.29, 1.82) is 0 Å². The van der Waals surface area contributed by atoms with Crippen molar-refractivity contribution in [2.75, 3.05) is 27.2 Å². The number of ether oxygens (including phenoxy) is 1. The van der Waals surface area contributed by atoms with E-state index in [-0.39, 0.29) is 5.91 Å². The van der Waals surface area contributed by atoms with Crippen molar-refractivity contribution in [2.24, 2.45) is 4.99 Å². The van der Waals surface area contributed by atoms with Gasteiger partial charge in [0.05, 0.1) is 7.11 Å². The number of aliphatic imine (C=N–C) groups is 1. The summed E-state index contributed by atoms with van der Waals surface area (Å²) in [6.45, 7) is 4.74. The molecule has 3 rings (SSSR count). The Morgan fingerprint density at radius 3 is 2.96 bits per heavy atom. The van der Waals surface area contributed by atoms with Gasteiger partial charge in [0.1, 0.15) is 5.75 Å². The number of thiophene rings is 1. The average molecular weight is 401 g/mol. The van der Waals surface area contributed by atoms with Crippen LogP contribution in [0.2, 0.25) is 0 Å². The van der Waals surface area contributed by atoms with Crippen LogP contribution in [0.4, 0.5) is 0 Å². The van der Waals surface area contributed by atoms with E-state index in [1.54, 1.807) is 25.5 Å². The molecule has 7 heteroatoms. The second kappa shape index (κ2) is 9.59. The van der Waals surface area contributed by atoms with Crippen LogP contribution >= 0.6 is 11.3 Å². The van der Waals surface area contributed by atoms with Gasteiger partial charge in [-0.25, -0.2) is 0 Å². The highest BCUT2D eigenvalue weighted by atomic mass is 32.1. The molecule has 2 aromatic rings. The fourth-order valence-corrected chi connectivity index (χ4v) is 4.19. The minimum Gasteiger partial charge on any atom is -0.496 e. The highest BCUT2D eigenvalue weighted by Crippen LogP contribution is 2.24. The van der Waals surface area contributed by atoms with E-state index in [0.29, 0.717) is 25.5 Å². The maximum atomic E-state index is 12.5. The predicted molar refractivity (Wildman–Crippen MR) is 114 cm³/mol. The van der Waals surface area contributed by atoms with Crippen LogP contribution in [0.15, 0.2) is 34.6 Å². The Hall–Kier alpha value is -2.54. The van der Waals surface area contributed by atoms with Crippen molar-refractivity contribution in [2.45, 2.75) is 32.9 Å². The van der Waals surface area contributed by atoms with Crippen LogP contribution in [-0.4, -0.2) is 44.0 Å². The number of nitrogens with one attached hydrogen (secondary N) is 2. The fourth-order valence-electron chi connectivity index (χ4n) is 3.30. The van der Waals surface area contributed by atoms with Crippen LogP contribution in [-0.2, 0) is 24.3 Å². The summed E-state index contributed by atoms with van der Waals surface area (Å²) in [6.07, 6.45) is 1.42. The van der Waals surface area contributed by atoms with Gasteiger partial charge in [0.2, 0.25) is 5.91 Å². The Morgan fingerprint density at radius 1 is 1.32 bits per heavy atom. The van der Waals surface area contributed by atoms with Crippen LogP contribution in [0, 0.1) is 6.92 Å². The molecule has 150 valence electrons. The first-order chi connectivity index (χ1) is 13.6. The monoisotopic (exact) mass is 400 g/mol. The lowest BCUT2D eigenvalue weighted by Crippen LogP contribution is -2.40. The first-order valence-electron chi connectivity index (χ1n) is 9.51. The highest BCUT2D eigenvalue weighted by Gasteiger charge is 2.21. The van der Waals surface area contributed by atoms with Gasteiger partial charge in [-0.3, -0.25) is 9.79 Å². The quantitative estimate of drug-likeness (QED) is 0.578. The van der Waals surface area contributed by atoms with E-state index in [0.717, 1.165) is 36.4 Å². The van der Waals surface area contributed by atoms with E-state index in [1.807, 2.05) is 24.0 Å². The third kappa shape index (κ3) is 5.04. The molecule has 6 nitrogen and oxygen atoms in total. The zero-order chi connectivity index (χ0) is 19.9. The van der Waals surface area contributed by atoms with Crippen molar-refractivity contribution in [3.05, 3.63) is 51.2 Å². The van der Waals surface area contributed by atoms with E-state index in [1.165, 1.54) is 10.4 Å². The maximum Gasteiger partial charge on any atom is 0.224 e. The SMILES string of the molecule is CN=C(NCCC(=O)N1CCc2sccc2C1)NCc1ccc(C)cc1OC. The number of carbonyl (C=O) groups excluding carboxylic acids is 1. The van der Waals surface area contributed by atoms with Crippen molar-refractivity contribution in [3.63, 3.8) is 0 Å². The predicted octanol–water partition coefficient (Wildman–Crippen LogP) is 2.71. The van der Waals surface area contributed by atoms with Crippen molar-refractivity contribution in [3.8, 4) is 5.75 Å². The molecule has 0 aliphatic carbocycles. The summed E-state index contributed by atoms with van der Waals surface area (Å²) in [5, 5.41) is 8.61. The van der Waals surface area contributed by atoms with Gasteiger partial charge >= 0.3 is 0 Å². The number of rotatable bonds is 6. The number of fused-ring (bicyclic) bond motifs is 1. The number of hydrogen-bond acceptors (Lipinski definition) is 4. The van der Waals surface area contributed by atoms with Gasteiger partial charge in [-0.1, -0.05) is 12.1 Å². The van der Waals surface area contributed by atoms with Gasteiger partial charge in [-0.15, -0.1) is 11.3 Å². The number of nitrogens with zero attached hydrogens (tertiary/aromatic N) is 2. The van der Waals surface area contributed by atoms with Gasteiger partial charge in [-0.2, -0.15) is 0 Å².